The lowest BCUT2D eigenvalue weighted by Gasteiger charge is -2.52. The van der Waals surface area contributed by atoms with Gasteiger partial charge in [-0.1, -0.05) is 128 Å². The highest BCUT2D eigenvalue weighted by molar-refractivity contribution is 6.95. The molecule has 0 spiro atoms. The molecular formula is C49H69NSi. The lowest BCUT2D eigenvalue weighted by atomic mass is 9.71. The monoisotopic (exact) mass is 700 g/mol. The Morgan fingerprint density at radius 3 is 2.02 bits per heavy atom. The summed E-state index contributed by atoms with van der Waals surface area (Å²) < 4.78 is 0. The van der Waals surface area contributed by atoms with Gasteiger partial charge in [-0.25, -0.2) is 0 Å². The predicted octanol–water partition coefficient (Wildman–Crippen LogP) is 13.9. The molecule has 0 radical (unpaired) electrons. The molecular weight excluding hydrogens is 631 g/mol. The van der Waals surface area contributed by atoms with Crippen LogP contribution < -0.4 is 0 Å². The first-order valence-corrected chi connectivity index (χ1v) is 24.3. The van der Waals surface area contributed by atoms with Gasteiger partial charge in [0.1, 0.15) is 8.07 Å². The van der Waals surface area contributed by atoms with Crippen LogP contribution >= 0.6 is 0 Å². The lowest BCUT2D eigenvalue weighted by Crippen LogP contribution is -2.51. The smallest absolute Gasteiger partial charge is 0.118 e. The summed E-state index contributed by atoms with van der Waals surface area (Å²) in [5, 5.41) is 3.96. The van der Waals surface area contributed by atoms with Gasteiger partial charge in [-0.05, 0) is 156 Å². The van der Waals surface area contributed by atoms with Crippen LogP contribution in [0.4, 0.5) is 0 Å². The Balaban J connectivity index is 0.960. The van der Waals surface area contributed by atoms with E-state index in [-0.39, 0.29) is 0 Å². The van der Waals surface area contributed by atoms with E-state index >= 15 is 0 Å². The Hall–Kier alpha value is -2.32. The van der Waals surface area contributed by atoms with E-state index < -0.39 is 8.07 Å². The Morgan fingerprint density at radius 1 is 0.588 bits per heavy atom. The van der Waals surface area contributed by atoms with Gasteiger partial charge in [0.2, 0.25) is 0 Å². The molecule has 5 atom stereocenters. The van der Waals surface area contributed by atoms with Crippen molar-refractivity contribution in [3.05, 3.63) is 107 Å². The molecule has 8 rings (SSSR count). The van der Waals surface area contributed by atoms with Crippen LogP contribution in [0.25, 0.3) is 0 Å². The third-order valence-corrected chi connectivity index (χ3v) is 21.9. The summed E-state index contributed by atoms with van der Waals surface area (Å²) in [5.41, 5.74) is 5.12. The third kappa shape index (κ3) is 7.56. The van der Waals surface area contributed by atoms with Crippen molar-refractivity contribution >= 4 is 8.07 Å². The zero-order valence-corrected chi connectivity index (χ0v) is 33.2. The summed E-state index contributed by atoms with van der Waals surface area (Å²) in [6.07, 6.45) is 65.8. The zero-order valence-electron chi connectivity index (χ0n) is 32.2. The minimum Gasteiger partial charge on any atom is -0.365 e. The first-order valence-electron chi connectivity index (χ1n) is 22.1. The average molecular weight is 700 g/mol. The van der Waals surface area contributed by atoms with Crippen LogP contribution in [0.3, 0.4) is 0 Å². The summed E-state index contributed by atoms with van der Waals surface area (Å²) >= 11 is 0. The zero-order chi connectivity index (χ0) is 34.5. The third-order valence-electron chi connectivity index (χ3n) is 15.3. The van der Waals surface area contributed by atoms with Gasteiger partial charge in [0.05, 0.1) is 0 Å². The van der Waals surface area contributed by atoms with E-state index in [1.807, 2.05) is 10.4 Å². The van der Waals surface area contributed by atoms with Crippen molar-refractivity contribution in [2.75, 3.05) is 0 Å². The molecule has 0 N–H and O–H groups in total. The second-order valence-corrected chi connectivity index (χ2v) is 22.6. The van der Waals surface area contributed by atoms with Crippen molar-refractivity contribution in [1.29, 1.82) is 0 Å². The largest absolute Gasteiger partial charge is 0.365 e. The van der Waals surface area contributed by atoms with Crippen LogP contribution in [-0.2, 0) is 0 Å². The summed E-state index contributed by atoms with van der Waals surface area (Å²) in [5.74, 6) is 3.22. The van der Waals surface area contributed by atoms with Crippen LogP contribution in [0.2, 0.25) is 11.1 Å². The summed E-state index contributed by atoms with van der Waals surface area (Å²) in [4.78, 5) is 2.98. The topological polar surface area (TPSA) is 3.24 Å². The molecule has 51 heavy (non-hydrogen) atoms. The molecule has 0 aromatic carbocycles. The maximum atomic E-state index is 2.98. The van der Waals surface area contributed by atoms with Gasteiger partial charge in [0.25, 0.3) is 0 Å². The molecule has 0 aromatic heterocycles. The summed E-state index contributed by atoms with van der Waals surface area (Å²) in [6, 6.07) is 1.28. The van der Waals surface area contributed by atoms with E-state index in [0.717, 1.165) is 22.9 Å². The Morgan fingerprint density at radius 2 is 1.37 bits per heavy atom. The highest BCUT2D eigenvalue weighted by atomic mass is 28.3. The van der Waals surface area contributed by atoms with Crippen molar-refractivity contribution in [1.82, 2.24) is 4.90 Å². The molecule has 0 saturated heterocycles. The maximum absolute atomic E-state index is 2.98. The second-order valence-electron chi connectivity index (χ2n) is 18.1. The minimum atomic E-state index is -1.81. The van der Waals surface area contributed by atoms with E-state index in [2.05, 4.69) is 96.9 Å². The molecule has 0 amide bonds. The standard InChI is InChI=1S/C49H69NSi/c1-38-16-14-15-25-49(38)50(43-32-26-40(27-33-43)39-17-6-2-7-18-39)44-34-28-41(29-35-44)42-30-36-48(37-31-42)51(45-19-8-3-9-20-45,46-21-10-4-11-22-46)47-23-12-5-13-24-47/h2-3,6,8,10,14-15,17,19,21,23,25-26,32,38,40-44,46,48H,4-5,7,9,11-13,16,18,20,22,24,27-31,33-37H2,1H3. The highest BCUT2D eigenvalue weighted by Gasteiger charge is 2.52. The number of hydrogen-bond acceptors (Lipinski definition) is 1. The number of allylic oxidation sites excluding steroid dienone is 17. The van der Waals surface area contributed by atoms with Crippen LogP contribution in [0.15, 0.2) is 107 Å². The van der Waals surface area contributed by atoms with E-state index in [1.165, 1.54) is 141 Å². The van der Waals surface area contributed by atoms with Crippen LogP contribution in [0.1, 0.15) is 148 Å². The molecule has 0 heterocycles. The quantitative estimate of drug-likeness (QED) is 0.171. The maximum Gasteiger partial charge on any atom is 0.118 e. The van der Waals surface area contributed by atoms with E-state index in [0.29, 0.717) is 23.9 Å². The number of nitrogens with zero attached hydrogens (tertiary/aromatic N) is 1. The highest BCUT2D eigenvalue weighted by Crippen LogP contribution is 2.57. The Bertz CT molecular complexity index is 1480. The van der Waals surface area contributed by atoms with E-state index in [1.54, 1.807) is 11.3 Å². The fourth-order valence-electron chi connectivity index (χ4n) is 12.8. The molecule has 2 saturated carbocycles. The van der Waals surface area contributed by atoms with Crippen LogP contribution in [0, 0.1) is 23.7 Å². The van der Waals surface area contributed by atoms with E-state index in [9.17, 15) is 0 Å². The Labute approximate surface area is 313 Å². The molecule has 8 aliphatic rings. The molecule has 2 heteroatoms. The molecule has 8 aliphatic carbocycles. The lowest BCUT2D eigenvalue weighted by molar-refractivity contribution is 0.0987. The van der Waals surface area contributed by atoms with Crippen molar-refractivity contribution in [2.24, 2.45) is 23.7 Å². The molecule has 0 aromatic rings. The van der Waals surface area contributed by atoms with Gasteiger partial charge in [-0.2, -0.15) is 0 Å². The second kappa shape index (κ2) is 16.8. The first-order chi connectivity index (χ1) is 25.2. The van der Waals surface area contributed by atoms with Gasteiger partial charge >= 0.3 is 0 Å². The summed E-state index contributed by atoms with van der Waals surface area (Å²) in [7, 11) is -1.81. The van der Waals surface area contributed by atoms with Gasteiger partial charge < -0.3 is 4.90 Å². The Kier molecular flexibility index (Phi) is 11.7. The van der Waals surface area contributed by atoms with Crippen molar-refractivity contribution < 1.29 is 0 Å². The molecule has 0 aliphatic heterocycles. The molecule has 5 unspecified atom stereocenters. The summed E-state index contributed by atoms with van der Waals surface area (Å²) in [6.45, 7) is 2.48. The van der Waals surface area contributed by atoms with Gasteiger partial charge in [-0.15, -0.1) is 0 Å². The van der Waals surface area contributed by atoms with Crippen molar-refractivity contribution in [3.63, 3.8) is 0 Å². The molecule has 2 fully saturated rings. The SMILES string of the molecule is CC1CC=CC=C1N(C1C=CC(C2=CC=CCC2)CC1)C1CCC(C2CCC([Si](C3=CC=CCC3)(C3=CCCCC3)C3C=CCCC3)CC2)CC1. The fraction of sp³-hybridized carbons (Fsp3) is 0.633. The van der Waals surface area contributed by atoms with Crippen LogP contribution in [0.5, 0.6) is 0 Å². The molecule has 1 nitrogen and oxygen atoms in total. The number of hydrogen-bond donors (Lipinski definition) is 0. The fourth-order valence-corrected chi connectivity index (χ4v) is 20.1. The molecule has 0 bridgehead atoms. The molecule has 274 valence electrons. The predicted molar refractivity (Wildman–Crippen MR) is 222 cm³/mol. The average Bonchev–Trinajstić information content (AvgIpc) is 3.21. The van der Waals surface area contributed by atoms with Crippen LogP contribution in [-0.4, -0.2) is 25.1 Å². The van der Waals surface area contributed by atoms with Gasteiger partial charge in [0.15, 0.2) is 0 Å². The minimum absolute atomic E-state index is 0.572. The van der Waals surface area contributed by atoms with Gasteiger partial charge in [0, 0.05) is 17.8 Å². The first kappa shape index (κ1) is 35.7. The van der Waals surface area contributed by atoms with Gasteiger partial charge in [-0.3, -0.25) is 0 Å². The normalized spacial score (nSPS) is 36.8. The number of rotatable bonds is 9. The van der Waals surface area contributed by atoms with Crippen molar-refractivity contribution in [2.45, 2.75) is 171 Å². The van der Waals surface area contributed by atoms with E-state index in [4.69, 9.17) is 0 Å². The van der Waals surface area contributed by atoms with Crippen molar-refractivity contribution in [3.8, 4) is 0 Å².